The Balaban J connectivity index is 2.22. The van der Waals surface area contributed by atoms with E-state index in [-0.39, 0.29) is 6.61 Å². The summed E-state index contributed by atoms with van der Waals surface area (Å²) in [6.07, 6.45) is -1.01. The summed E-state index contributed by atoms with van der Waals surface area (Å²) in [5, 5.41) is 0. The Bertz CT molecular complexity index is 466. The van der Waals surface area contributed by atoms with E-state index >= 15 is 0 Å². The zero-order chi connectivity index (χ0) is 12.4. The molecular formula is C12H12O5. The molecule has 0 spiro atoms. The second-order valence-electron chi connectivity index (χ2n) is 3.78. The summed E-state index contributed by atoms with van der Waals surface area (Å²) >= 11 is 0. The molecule has 17 heavy (non-hydrogen) atoms. The van der Waals surface area contributed by atoms with E-state index in [1.54, 1.807) is 12.1 Å². The summed E-state index contributed by atoms with van der Waals surface area (Å²) < 4.78 is 15.3. The maximum Gasteiger partial charge on any atom is 0.356 e. The quantitative estimate of drug-likeness (QED) is 0.542. The highest BCUT2D eigenvalue weighted by atomic mass is 16.6. The Hall–Kier alpha value is -2.04. The first-order chi connectivity index (χ1) is 8.06. The summed E-state index contributed by atoms with van der Waals surface area (Å²) in [6, 6.07) is 5.26. The Morgan fingerprint density at radius 2 is 2.18 bits per heavy atom. The molecule has 0 radical (unpaired) electrons. The lowest BCUT2D eigenvalue weighted by atomic mass is 10.2. The smallest absolute Gasteiger partial charge is 0.356 e. The van der Waals surface area contributed by atoms with Crippen LogP contribution in [-0.4, -0.2) is 24.6 Å². The summed E-state index contributed by atoms with van der Waals surface area (Å²) in [4.78, 5) is 22.5. The zero-order valence-electron chi connectivity index (χ0n) is 9.56. The predicted molar refractivity (Wildman–Crippen MR) is 57.9 cm³/mol. The van der Waals surface area contributed by atoms with Gasteiger partial charge in [0, 0.05) is 6.92 Å². The van der Waals surface area contributed by atoms with Gasteiger partial charge in [-0.1, -0.05) is 6.07 Å². The van der Waals surface area contributed by atoms with E-state index < -0.39 is 18.0 Å². The van der Waals surface area contributed by atoms with Gasteiger partial charge < -0.3 is 14.2 Å². The second-order valence-corrected chi connectivity index (χ2v) is 3.78. The van der Waals surface area contributed by atoms with Crippen molar-refractivity contribution in [2.45, 2.75) is 20.0 Å². The fourth-order valence-corrected chi connectivity index (χ4v) is 1.50. The van der Waals surface area contributed by atoms with Gasteiger partial charge in [0.05, 0.1) is 0 Å². The molecule has 0 saturated carbocycles. The summed E-state index contributed by atoms with van der Waals surface area (Å²) in [5.41, 5.74) is 0.950. The van der Waals surface area contributed by atoms with Crippen LogP contribution in [0.5, 0.6) is 11.5 Å². The normalized spacial score (nSPS) is 18.5. The molecule has 1 aliphatic heterocycles. The Kier molecular flexibility index (Phi) is 2.99. The van der Waals surface area contributed by atoms with E-state index in [0.29, 0.717) is 11.5 Å². The van der Waals surface area contributed by atoms with Crippen molar-refractivity contribution in [3.63, 3.8) is 0 Å². The number of ether oxygens (including phenoxy) is 3. The molecule has 5 heteroatoms. The van der Waals surface area contributed by atoms with Crippen LogP contribution < -0.4 is 9.47 Å². The predicted octanol–water partition coefficient (Wildman–Crippen LogP) is 1.22. The van der Waals surface area contributed by atoms with E-state index in [1.165, 1.54) is 6.92 Å². The Labute approximate surface area is 98.3 Å². The van der Waals surface area contributed by atoms with Crippen molar-refractivity contribution < 1.29 is 23.8 Å². The fourth-order valence-electron chi connectivity index (χ4n) is 1.50. The van der Waals surface area contributed by atoms with Gasteiger partial charge >= 0.3 is 11.9 Å². The average Bonchev–Trinajstić information content (AvgIpc) is 2.38. The summed E-state index contributed by atoms with van der Waals surface area (Å²) in [7, 11) is 0. The first kappa shape index (κ1) is 11.4. The van der Waals surface area contributed by atoms with Crippen LogP contribution >= 0.6 is 0 Å². The van der Waals surface area contributed by atoms with E-state index in [2.05, 4.69) is 0 Å². The topological polar surface area (TPSA) is 61.8 Å². The molecule has 0 saturated heterocycles. The van der Waals surface area contributed by atoms with Gasteiger partial charge in [0.25, 0.3) is 0 Å². The maximum absolute atomic E-state index is 11.6. The van der Waals surface area contributed by atoms with Crippen LogP contribution in [0.25, 0.3) is 0 Å². The lowest BCUT2D eigenvalue weighted by molar-refractivity contribution is -0.161. The van der Waals surface area contributed by atoms with Crippen molar-refractivity contribution in [2.75, 3.05) is 6.61 Å². The van der Waals surface area contributed by atoms with Crippen LogP contribution in [0.1, 0.15) is 12.5 Å². The summed E-state index contributed by atoms with van der Waals surface area (Å²) in [5.74, 6) is -0.342. The lowest BCUT2D eigenvalue weighted by Crippen LogP contribution is -2.33. The molecule has 0 N–H and O–H groups in total. The molecule has 90 valence electrons. The standard InChI is InChI=1S/C12H12O5/c1-7-3-4-9-10(5-7)17-12(14)11(6-15-9)16-8(2)13/h3-5,11H,6H2,1-2H3. The zero-order valence-corrected chi connectivity index (χ0v) is 9.56. The molecule has 1 aliphatic rings. The molecule has 2 rings (SSSR count). The van der Waals surface area contributed by atoms with Crippen molar-refractivity contribution in [1.29, 1.82) is 0 Å². The van der Waals surface area contributed by atoms with Gasteiger partial charge in [0.2, 0.25) is 6.10 Å². The molecular weight excluding hydrogens is 224 g/mol. The van der Waals surface area contributed by atoms with E-state index in [9.17, 15) is 9.59 Å². The van der Waals surface area contributed by atoms with Crippen molar-refractivity contribution in [2.24, 2.45) is 0 Å². The van der Waals surface area contributed by atoms with Gasteiger partial charge in [-0.05, 0) is 24.6 Å². The highest BCUT2D eigenvalue weighted by Gasteiger charge is 2.29. The van der Waals surface area contributed by atoms with Gasteiger partial charge in [-0.25, -0.2) is 4.79 Å². The van der Waals surface area contributed by atoms with Gasteiger partial charge in [0.15, 0.2) is 11.5 Å². The number of fused-ring (bicyclic) bond motifs is 1. The van der Waals surface area contributed by atoms with E-state index in [4.69, 9.17) is 14.2 Å². The van der Waals surface area contributed by atoms with Crippen molar-refractivity contribution >= 4 is 11.9 Å². The molecule has 1 atom stereocenters. The number of aryl methyl sites for hydroxylation is 1. The molecule has 5 nitrogen and oxygen atoms in total. The molecule has 0 bridgehead atoms. The molecule has 1 aromatic carbocycles. The molecule has 0 fully saturated rings. The highest BCUT2D eigenvalue weighted by Crippen LogP contribution is 2.30. The number of benzene rings is 1. The first-order valence-electron chi connectivity index (χ1n) is 5.18. The van der Waals surface area contributed by atoms with Crippen LogP contribution in [0.3, 0.4) is 0 Å². The SMILES string of the molecule is CC(=O)OC1COc2ccc(C)cc2OC1=O. The number of carbonyl (C=O) groups excluding carboxylic acids is 2. The number of carbonyl (C=O) groups is 2. The largest absolute Gasteiger partial charge is 0.485 e. The van der Waals surface area contributed by atoms with Gasteiger partial charge in [-0.3, -0.25) is 4.79 Å². The highest BCUT2D eigenvalue weighted by molar-refractivity contribution is 5.81. The maximum atomic E-state index is 11.6. The van der Waals surface area contributed by atoms with Crippen LogP contribution in [0.4, 0.5) is 0 Å². The number of hydrogen-bond donors (Lipinski definition) is 0. The third kappa shape index (κ3) is 2.55. The molecule has 1 aromatic rings. The minimum atomic E-state index is -1.01. The van der Waals surface area contributed by atoms with Crippen LogP contribution in [0, 0.1) is 6.92 Å². The molecule has 0 amide bonds. The van der Waals surface area contributed by atoms with Crippen molar-refractivity contribution in [3.05, 3.63) is 23.8 Å². The third-order valence-electron chi connectivity index (χ3n) is 2.27. The Morgan fingerprint density at radius 1 is 1.41 bits per heavy atom. The van der Waals surface area contributed by atoms with Crippen LogP contribution in [0.2, 0.25) is 0 Å². The third-order valence-corrected chi connectivity index (χ3v) is 2.27. The second kappa shape index (κ2) is 4.45. The van der Waals surface area contributed by atoms with Crippen LogP contribution in [-0.2, 0) is 14.3 Å². The van der Waals surface area contributed by atoms with Crippen LogP contribution in [0.15, 0.2) is 18.2 Å². The minimum Gasteiger partial charge on any atom is -0.485 e. The Morgan fingerprint density at radius 3 is 2.88 bits per heavy atom. The minimum absolute atomic E-state index is 0.0333. The van der Waals surface area contributed by atoms with Gasteiger partial charge in [0.1, 0.15) is 6.61 Å². The molecule has 0 aliphatic carbocycles. The fraction of sp³-hybridized carbons (Fsp3) is 0.333. The number of rotatable bonds is 1. The van der Waals surface area contributed by atoms with E-state index in [1.807, 2.05) is 13.0 Å². The van der Waals surface area contributed by atoms with Gasteiger partial charge in [-0.15, -0.1) is 0 Å². The monoisotopic (exact) mass is 236 g/mol. The van der Waals surface area contributed by atoms with E-state index in [0.717, 1.165) is 5.56 Å². The average molecular weight is 236 g/mol. The van der Waals surface area contributed by atoms with Gasteiger partial charge in [-0.2, -0.15) is 0 Å². The molecule has 1 heterocycles. The lowest BCUT2D eigenvalue weighted by Gasteiger charge is -2.10. The van der Waals surface area contributed by atoms with Crippen molar-refractivity contribution in [1.82, 2.24) is 0 Å². The number of hydrogen-bond acceptors (Lipinski definition) is 5. The number of esters is 2. The van der Waals surface area contributed by atoms with Crippen molar-refractivity contribution in [3.8, 4) is 11.5 Å². The first-order valence-corrected chi connectivity index (χ1v) is 5.18. The molecule has 0 aromatic heterocycles. The summed E-state index contributed by atoms with van der Waals surface area (Å²) in [6.45, 7) is 3.08. The molecule has 1 unspecified atom stereocenters.